The molecule has 3 aromatic heterocycles. The van der Waals surface area contributed by atoms with Crippen molar-refractivity contribution in [3.8, 4) is 69.2 Å². The first-order valence-corrected chi connectivity index (χ1v) is 33.2. The zero-order chi connectivity index (χ0) is 69.2. The number of nitriles is 3. The molecule has 0 unspecified atom stereocenters. The fourth-order valence-electron chi connectivity index (χ4n) is 10.8. The van der Waals surface area contributed by atoms with Crippen molar-refractivity contribution in [1.82, 2.24) is 35.2 Å². The van der Waals surface area contributed by atoms with Crippen molar-refractivity contribution in [2.24, 2.45) is 5.73 Å². The number of aliphatic hydroxyl groups excluding tert-OH is 1. The van der Waals surface area contributed by atoms with E-state index >= 15 is 0 Å². The van der Waals surface area contributed by atoms with Crippen LogP contribution in [0.2, 0.25) is 0 Å². The van der Waals surface area contributed by atoms with Gasteiger partial charge in [0.1, 0.15) is 77.5 Å². The number of carbonyl (C=O) groups is 1. The molecular formula is C78H83N11O10. The Kier molecular flexibility index (Phi) is 29.4. The van der Waals surface area contributed by atoms with Gasteiger partial charge in [-0.2, -0.15) is 15.8 Å². The van der Waals surface area contributed by atoms with Crippen molar-refractivity contribution in [1.29, 1.82) is 15.8 Å². The standard InChI is InChI=1S/C27H30N4O3.C24H23N3O3.C24H21N3O3.C3H9NO/c1-32-15-12-29-19-21-4-2-20(3-5-21)16-27-30-11-8-25(31-27)22-6-7-26(23(17-22)18-28)34-24-9-13-33-14-10-24;2*25-15-20-14-19(5-6-23(20)30-21-8-11-29-12-9-21)22-7-10-26-24(27-22)13-17-1-3-18(16-28)4-2-17;1-5-3-2-4/h2-8,11,17,24,29H,9-10,12-16,19H2,1H3;1-7,10,14,21,28H,8-9,11-13,16H2;1-7,10,14,16,21H,8-9,11-13H2;2-4H2,1H3. The second-order valence-corrected chi connectivity index (χ2v) is 23.5. The lowest BCUT2D eigenvalue weighted by Crippen LogP contribution is -2.26. The topological polar surface area (TPSA) is 298 Å². The van der Waals surface area contributed by atoms with E-state index in [4.69, 9.17) is 43.9 Å². The van der Waals surface area contributed by atoms with Crippen molar-refractivity contribution in [2.75, 3.05) is 80.2 Å². The summed E-state index contributed by atoms with van der Waals surface area (Å²) >= 11 is 0. The molecule has 3 aliphatic heterocycles. The minimum absolute atomic E-state index is 0.0295. The van der Waals surface area contributed by atoms with Crippen LogP contribution in [0.25, 0.3) is 33.8 Å². The molecule has 0 atom stereocenters. The van der Waals surface area contributed by atoms with Crippen LogP contribution in [0.15, 0.2) is 164 Å². The summed E-state index contributed by atoms with van der Waals surface area (Å²) in [4.78, 5) is 38.1. The molecule has 0 radical (unpaired) electrons. The van der Waals surface area contributed by atoms with Gasteiger partial charge in [0.25, 0.3) is 0 Å². The number of nitrogens with two attached hydrogens (primary N) is 1. The first kappa shape index (κ1) is 73.0. The molecule has 21 nitrogen and oxygen atoms in total. The lowest BCUT2D eigenvalue weighted by Gasteiger charge is -2.23. The molecule has 0 spiro atoms. The number of carbonyl (C=O) groups excluding carboxylic acids is 1. The van der Waals surface area contributed by atoms with Gasteiger partial charge in [-0.25, -0.2) is 29.9 Å². The number of aromatic nitrogens is 6. The maximum absolute atomic E-state index is 10.8. The third-order valence-electron chi connectivity index (χ3n) is 16.3. The van der Waals surface area contributed by atoms with Gasteiger partial charge in [0.2, 0.25) is 0 Å². The van der Waals surface area contributed by atoms with Crippen molar-refractivity contribution in [2.45, 2.75) is 89.3 Å². The number of nitrogens with one attached hydrogen (secondary N) is 1. The molecule has 21 heteroatoms. The van der Waals surface area contributed by atoms with Gasteiger partial charge in [0, 0.05) is 132 Å². The van der Waals surface area contributed by atoms with E-state index in [2.05, 4.69) is 77.4 Å². The van der Waals surface area contributed by atoms with Crippen LogP contribution in [0.5, 0.6) is 17.2 Å². The molecule has 99 heavy (non-hydrogen) atoms. The number of hydrogen-bond acceptors (Lipinski definition) is 21. The van der Waals surface area contributed by atoms with Crippen LogP contribution in [0.1, 0.15) is 111 Å². The molecule has 0 amide bonds. The summed E-state index contributed by atoms with van der Waals surface area (Å²) in [5.74, 6) is 3.93. The van der Waals surface area contributed by atoms with E-state index in [9.17, 15) is 25.7 Å². The average Bonchev–Trinajstić information content (AvgIpc) is 0.849. The summed E-state index contributed by atoms with van der Waals surface area (Å²) in [5.41, 5.74) is 17.4. The molecule has 0 bridgehead atoms. The van der Waals surface area contributed by atoms with Gasteiger partial charge in [0.05, 0.1) is 93.2 Å². The van der Waals surface area contributed by atoms with Crippen molar-refractivity contribution in [3.05, 3.63) is 232 Å². The second-order valence-electron chi connectivity index (χ2n) is 23.5. The Morgan fingerprint density at radius 3 is 1.14 bits per heavy atom. The number of hydrogen-bond donors (Lipinski definition) is 3. The van der Waals surface area contributed by atoms with Crippen molar-refractivity contribution < 1.29 is 47.8 Å². The highest BCUT2D eigenvalue weighted by molar-refractivity contribution is 5.74. The Bertz CT molecular complexity index is 4100. The Morgan fingerprint density at radius 2 is 0.828 bits per heavy atom. The maximum Gasteiger partial charge on any atom is 0.150 e. The molecule has 6 aromatic carbocycles. The lowest BCUT2D eigenvalue weighted by atomic mass is 10.1. The minimum Gasteiger partial charge on any atom is -0.489 e. The molecule has 6 heterocycles. The average molecular weight is 1330 g/mol. The summed E-state index contributed by atoms with van der Waals surface area (Å²) in [6.07, 6.45) is 13.1. The van der Waals surface area contributed by atoms with Crippen LogP contribution < -0.4 is 25.3 Å². The Labute approximate surface area is 578 Å². The van der Waals surface area contributed by atoms with Crippen LogP contribution >= 0.6 is 0 Å². The maximum atomic E-state index is 10.8. The molecule has 9 aromatic rings. The van der Waals surface area contributed by atoms with E-state index in [1.807, 2.05) is 103 Å². The quantitative estimate of drug-likeness (QED) is 0.0374. The van der Waals surface area contributed by atoms with E-state index < -0.39 is 0 Å². The smallest absolute Gasteiger partial charge is 0.150 e. The SMILES string of the molecule is COCCN.COCCNCc1ccc(Cc2nccc(-c3ccc(OC4CCOCC4)c(C#N)c3)n2)cc1.N#Cc1cc(-c2ccnc(Cc3ccc(C=O)cc3)n2)ccc1OC1CCOCC1.N#Cc1cc(-c2ccnc(Cc3ccc(CO)cc3)n2)ccc1OC1CCOCC1. The van der Waals surface area contributed by atoms with E-state index in [0.717, 1.165) is 120 Å². The van der Waals surface area contributed by atoms with Crippen LogP contribution in [0.3, 0.4) is 0 Å². The monoisotopic (exact) mass is 1330 g/mol. The van der Waals surface area contributed by atoms with E-state index in [-0.39, 0.29) is 24.9 Å². The normalized spacial score (nSPS) is 13.8. The van der Waals surface area contributed by atoms with Crippen LogP contribution in [-0.2, 0) is 56.1 Å². The fourth-order valence-corrected chi connectivity index (χ4v) is 10.8. The van der Waals surface area contributed by atoms with Gasteiger partial charge in [-0.3, -0.25) is 4.79 Å². The summed E-state index contributed by atoms with van der Waals surface area (Å²) in [7, 11) is 3.33. The molecular weight excluding hydrogens is 1250 g/mol. The molecule has 3 fully saturated rings. The van der Waals surface area contributed by atoms with Crippen molar-refractivity contribution in [3.63, 3.8) is 0 Å². The van der Waals surface area contributed by atoms with Gasteiger partial charge in [-0.1, -0.05) is 72.8 Å². The van der Waals surface area contributed by atoms with Gasteiger partial charge < -0.3 is 54.1 Å². The van der Waals surface area contributed by atoms with Crippen molar-refractivity contribution >= 4 is 6.29 Å². The Balaban J connectivity index is 0.000000168. The highest BCUT2D eigenvalue weighted by atomic mass is 16.5. The third kappa shape index (κ3) is 23.2. The predicted octanol–water partition coefficient (Wildman–Crippen LogP) is 11.1. The van der Waals surface area contributed by atoms with E-state index in [1.54, 1.807) is 51.0 Å². The summed E-state index contributed by atoms with van der Waals surface area (Å²) in [6, 6.07) is 52.6. The van der Waals surface area contributed by atoms with Gasteiger partial charge in [-0.15, -0.1) is 0 Å². The second kappa shape index (κ2) is 39.9. The largest absolute Gasteiger partial charge is 0.489 e. The molecule has 12 rings (SSSR count). The predicted molar refractivity (Wildman–Crippen MR) is 374 cm³/mol. The van der Waals surface area contributed by atoms with Gasteiger partial charge in [0.15, 0.2) is 0 Å². The minimum atomic E-state index is 0.0295. The molecule has 3 saturated heterocycles. The highest BCUT2D eigenvalue weighted by Gasteiger charge is 2.21. The number of aliphatic hydroxyl groups is 1. The summed E-state index contributed by atoms with van der Waals surface area (Å²) in [6.45, 7) is 7.81. The van der Waals surface area contributed by atoms with Crippen LogP contribution in [-0.4, -0.2) is 140 Å². The number of benzene rings is 6. The number of ether oxygens (including phenoxy) is 8. The fraction of sp³-hybridized carbons (Fsp3) is 0.333. The molecule has 3 aliphatic rings. The van der Waals surface area contributed by atoms with E-state index in [0.29, 0.717) is 130 Å². The van der Waals surface area contributed by atoms with E-state index in [1.165, 1.54) is 5.56 Å². The number of aldehydes is 1. The van der Waals surface area contributed by atoms with Gasteiger partial charge >= 0.3 is 0 Å². The summed E-state index contributed by atoms with van der Waals surface area (Å²) in [5, 5.41) is 41.4. The molecule has 0 aliphatic carbocycles. The first-order chi connectivity index (χ1) is 48.7. The number of methoxy groups -OCH3 is 2. The summed E-state index contributed by atoms with van der Waals surface area (Å²) < 4.78 is 43.9. The molecule has 0 saturated carbocycles. The Morgan fingerprint density at radius 1 is 0.485 bits per heavy atom. The zero-order valence-corrected chi connectivity index (χ0v) is 56.0. The molecule has 4 N–H and O–H groups in total. The lowest BCUT2D eigenvalue weighted by molar-refractivity contribution is 0.0252. The number of rotatable bonds is 24. The third-order valence-corrected chi connectivity index (χ3v) is 16.3. The highest BCUT2D eigenvalue weighted by Crippen LogP contribution is 2.31. The Hall–Kier alpha value is -10.2. The zero-order valence-electron chi connectivity index (χ0n) is 56.0. The first-order valence-electron chi connectivity index (χ1n) is 33.2. The molecule has 510 valence electrons. The van der Waals surface area contributed by atoms with Crippen LogP contribution in [0, 0.1) is 34.0 Å². The van der Waals surface area contributed by atoms with Gasteiger partial charge in [-0.05, 0) is 101 Å². The number of nitrogens with zero attached hydrogens (tertiary/aromatic N) is 9. The van der Waals surface area contributed by atoms with Crippen LogP contribution in [0.4, 0.5) is 0 Å².